The van der Waals surface area contributed by atoms with E-state index in [0.717, 1.165) is 18.4 Å². The van der Waals surface area contributed by atoms with E-state index in [-0.39, 0.29) is 22.4 Å². The maximum Gasteiger partial charge on any atom is 0.316 e. The van der Waals surface area contributed by atoms with Gasteiger partial charge >= 0.3 is 5.69 Å². The van der Waals surface area contributed by atoms with Crippen molar-refractivity contribution < 1.29 is 4.92 Å². The highest BCUT2D eigenvalue weighted by Gasteiger charge is 2.22. The van der Waals surface area contributed by atoms with E-state index in [9.17, 15) is 10.1 Å². The van der Waals surface area contributed by atoms with Crippen LogP contribution in [0.3, 0.4) is 0 Å². The van der Waals surface area contributed by atoms with E-state index < -0.39 is 4.92 Å². The number of benzene rings is 1. The second-order valence-electron chi connectivity index (χ2n) is 4.48. The third kappa shape index (κ3) is 2.93. The maximum absolute atomic E-state index is 11.2. The summed E-state index contributed by atoms with van der Waals surface area (Å²) in [6, 6.07) is 7.57. The van der Waals surface area contributed by atoms with E-state index in [0.29, 0.717) is 5.56 Å². The van der Waals surface area contributed by atoms with Crippen LogP contribution in [0, 0.1) is 17.0 Å². The van der Waals surface area contributed by atoms with Crippen LogP contribution in [-0.4, -0.2) is 14.9 Å². The number of nitrogens with zero attached hydrogens (tertiary/aromatic N) is 3. The number of halogens is 1. The quantitative estimate of drug-likeness (QED) is 0.485. The number of hydrogen-bond acceptors (Lipinski definition) is 4. The minimum Gasteiger partial charge on any atom is -0.258 e. The Kier molecular flexibility index (Phi) is 4.29. The van der Waals surface area contributed by atoms with E-state index in [1.807, 2.05) is 18.2 Å². The molecule has 0 saturated carbocycles. The molecule has 0 unspecified atom stereocenters. The first-order valence-corrected chi connectivity index (χ1v) is 6.68. The van der Waals surface area contributed by atoms with Crippen molar-refractivity contribution in [2.45, 2.75) is 26.7 Å². The van der Waals surface area contributed by atoms with Gasteiger partial charge in [0.25, 0.3) is 0 Å². The van der Waals surface area contributed by atoms with E-state index in [1.165, 1.54) is 0 Å². The molecule has 0 amide bonds. The second kappa shape index (κ2) is 5.96. The van der Waals surface area contributed by atoms with Gasteiger partial charge in [-0.15, -0.1) is 0 Å². The van der Waals surface area contributed by atoms with Gasteiger partial charge in [-0.25, -0.2) is 9.97 Å². The molecular weight excluding hydrogens is 278 g/mol. The Morgan fingerprint density at radius 1 is 1.35 bits per heavy atom. The first kappa shape index (κ1) is 14.4. The Balaban J connectivity index is 2.62. The lowest BCUT2D eigenvalue weighted by molar-refractivity contribution is -0.385. The van der Waals surface area contributed by atoms with E-state index >= 15 is 0 Å². The molecule has 0 radical (unpaired) electrons. The molecule has 0 aliphatic heterocycles. The number of nitro groups is 1. The lowest BCUT2D eigenvalue weighted by atomic mass is 10.0. The largest absolute Gasteiger partial charge is 0.316 e. The number of rotatable bonds is 4. The van der Waals surface area contributed by atoms with Crippen LogP contribution < -0.4 is 0 Å². The fourth-order valence-corrected chi connectivity index (χ4v) is 2.33. The number of hydrogen-bond donors (Lipinski definition) is 0. The molecule has 20 heavy (non-hydrogen) atoms. The summed E-state index contributed by atoms with van der Waals surface area (Å²) in [6.07, 6.45) is 1.93. The van der Waals surface area contributed by atoms with Gasteiger partial charge in [0, 0.05) is 5.56 Å². The van der Waals surface area contributed by atoms with Gasteiger partial charge in [-0.1, -0.05) is 31.5 Å². The summed E-state index contributed by atoms with van der Waals surface area (Å²) in [5, 5.41) is 11.2. The zero-order valence-corrected chi connectivity index (χ0v) is 12.0. The van der Waals surface area contributed by atoms with Crippen LogP contribution >= 0.6 is 11.6 Å². The van der Waals surface area contributed by atoms with Crippen LogP contribution in [0.2, 0.25) is 5.28 Å². The molecule has 1 heterocycles. The van der Waals surface area contributed by atoms with Gasteiger partial charge in [0.2, 0.25) is 5.28 Å². The summed E-state index contributed by atoms with van der Waals surface area (Å²) in [5.74, 6) is 0. The predicted octanol–water partition coefficient (Wildman–Crippen LogP) is 3.97. The summed E-state index contributed by atoms with van der Waals surface area (Å²) in [4.78, 5) is 18.6. The zero-order chi connectivity index (χ0) is 14.7. The van der Waals surface area contributed by atoms with Crippen LogP contribution in [-0.2, 0) is 6.42 Å². The number of aromatic nitrogens is 2. The molecule has 104 valence electrons. The molecule has 0 spiro atoms. The topological polar surface area (TPSA) is 68.9 Å². The average Bonchev–Trinajstić information content (AvgIpc) is 2.38. The Bertz CT molecular complexity index is 659. The van der Waals surface area contributed by atoms with Crippen molar-refractivity contribution in [2.75, 3.05) is 0 Å². The highest BCUT2D eigenvalue weighted by Crippen LogP contribution is 2.31. The van der Waals surface area contributed by atoms with Crippen molar-refractivity contribution in [1.82, 2.24) is 9.97 Å². The maximum atomic E-state index is 11.2. The molecule has 0 aliphatic rings. The molecule has 2 rings (SSSR count). The Morgan fingerprint density at radius 2 is 2.10 bits per heavy atom. The molecular formula is C14H14ClN3O2. The molecule has 6 heteroatoms. The predicted molar refractivity (Wildman–Crippen MR) is 77.9 cm³/mol. The zero-order valence-electron chi connectivity index (χ0n) is 11.3. The highest BCUT2D eigenvalue weighted by atomic mass is 35.5. The minimum atomic E-state index is -0.465. The molecule has 5 nitrogen and oxygen atoms in total. The molecule has 1 aromatic carbocycles. The van der Waals surface area contributed by atoms with Crippen LogP contribution in [0.1, 0.15) is 24.6 Å². The van der Waals surface area contributed by atoms with E-state index in [2.05, 4.69) is 16.9 Å². The van der Waals surface area contributed by atoms with Gasteiger partial charge in [0.05, 0.1) is 4.92 Å². The fourth-order valence-electron chi connectivity index (χ4n) is 2.12. The van der Waals surface area contributed by atoms with Gasteiger partial charge in [0.1, 0.15) is 5.69 Å². The summed E-state index contributed by atoms with van der Waals surface area (Å²) in [5.41, 5.74) is 2.25. The van der Waals surface area contributed by atoms with Crippen LogP contribution in [0.4, 0.5) is 5.69 Å². The minimum absolute atomic E-state index is 0.0176. The van der Waals surface area contributed by atoms with Crippen molar-refractivity contribution in [1.29, 1.82) is 0 Å². The molecule has 0 bridgehead atoms. The molecule has 1 aromatic heterocycles. The molecule has 2 aromatic rings. The second-order valence-corrected chi connectivity index (χ2v) is 4.82. The normalized spacial score (nSPS) is 10.6. The SMILES string of the molecule is CCCc1cccc(-c2nc(Cl)nc(C)c2[N+](=O)[O-])c1. The highest BCUT2D eigenvalue weighted by molar-refractivity contribution is 6.28. The summed E-state index contributed by atoms with van der Waals surface area (Å²) in [6.45, 7) is 3.64. The molecule has 0 aliphatic carbocycles. The van der Waals surface area contributed by atoms with Crippen molar-refractivity contribution in [2.24, 2.45) is 0 Å². The third-order valence-corrected chi connectivity index (χ3v) is 3.12. The fraction of sp³-hybridized carbons (Fsp3) is 0.286. The number of aryl methyl sites for hydroxylation is 2. The van der Waals surface area contributed by atoms with E-state index in [1.54, 1.807) is 13.0 Å². The van der Waals surface area contributed by atoms with Crippen LogP contribution in [0.15, 0.2) is 24.3 Å². The standard InChI is InChI=1S/C14H14ClN3O2/c1-3-5-10-6-4-7-11(8-10)12-13(18(19)20)9(2)16-14(15)17-12/h4,6-8H,3,5H2,1-2H3. The lowest BCUT2D eigenvalue weighted by Crippen LogP contribution is -2.01. The van der Waals surface area contributed by atoms with Gasteiger partial charge in [0.15, 0.2) is 5.69 Å². The molecule has 0 N–H and O–H groups in total. The molecule has 0 saturated heterocycles. The monoisotopic (exact) mass is 291 g/mol. The van der Waals surface area contributed by atoms with Gasteiger partial charge < -0.3 is 0 Å². The summed E-state index contributed by atoms with van der Waals surface area (Å²) >= 11 is 5.83. The van der Waals surface area contributed by atoms with Crippen molar-refractivity contribution in [3.8, 4) is 11.3 Å². The Labute approximate surface area is 121 Å². The smallest absolute Gasteiger partial charge is 0.258 e. The van der Waals surface area contributed by atoms with Gasteiger partial charge in [-0.05, 0) is 36.6 Å². The van der Waals surface area contributed by atoms with Crippen LogP contribution in [0.5, 0.6) is 0 Å². The van der Waals surface area contributed by atoms with Gasteiger partial charge in [-0.3, -0.25) is 10.1 Å². The van der Waals surface area contributed by atoms with E-state index in [4.69, 9.17) is 11.6 Å². The summed E-state index contributed by atoms with van der Waals surface area (Å²) in [7, 11) is 0. The van der Waals surface area contributed by atoms with Gasteiger partial charge in [-0.2, -0.15) is 0 Å². The third-order valence-electron chi connectivity index (χ3n) is 2.95. The summed E-state index contributed by atoms with van der Waals surface area (Å²) < 4.78 is 0. The van der Waals surface area contributed by atoms with Crippen molar-refractivity contribution in [3.63, 3.8) is 0 Å². The molecule has 0 atom stereocenters. The molecule has 0 fully saturated rings. The first-order chi connectivity index (χ1) is 9.52. The average molecular weight is 292 g/mol. The first-order valence-electron chi connectivity index (χ1n) is 6.30. The lowest BCUT2D eigenvalue weighted by Gasteiger charge is -2.07. The Hall–Kier alpha value is -2.01. The van der Waals surface area contributed by atoms with Crippen molar-refractivity contribution in [3.05, 3.63) is 50.9 Å². The van der Waals surface area contributed by atoms with Crippen LogP contribution in [0.25, 0.3) is 11.3 Å². The Morgan fingerprint density at radius 3 is 2.75 bits per heavy atom. The van der Waals surface area contributed by atoms with Crippen molar-refractivity contribution >= 4 is 17.3 Å².